The first kappa shape index (κ1) is 30.8. The lowest BCUT2D eigenvalue weighted by Crippen LogP contribution is -2.50. The van der Waals surface area contributed by atoms with Gasteiger partial charge in [-0.1, -0.05) is 51.1 Å². The van der Waals surface area contributed by atoms with E-state index in [0.29, 0.717) is 24.6 Å². The lowest BCUT2D eigenvalue weighted by molar-refractivity contribution is -0.159. The number of carboxylic acid groups (broad SMARTS) is 1. The van der Waals surface area contributed by atoms with Crippen LogP contribution in [0, 0.1) is 11.3 Å². The minimum atomic E-state index is -4.60. The Bertz CT molecular complexity index is 1260. The smallest absolute Gasteiger partial charge is 0.417 e. The predicted molar refractivity (Wildman–Crippen MR) is 145 cm³/mol. The normalized spacial score (nSPS) is 26.3. The molecule has 2 aliphatic rings. The van der Waals surface area contributed by atoms with Gasteiger partial charge in [0.2, 0.25) is 5.88 Å². The average molecular weight is 578 g/mol. The number of carboxylic acids is 1. The molecule has 11 heteroatoms. The lowest BCUT2D eigenvalue weighted by atomic mass is 9.72. The average Bonchev–Trinajstić information content (AvgIpc) is 3.44. The Morgan fingerprint density at radius 1 is 1.20 bits per heavy atom. The number of likely N-dealkylation sites (tertiary alicyclic amines) is 1. The van der Waals surface area contributed by atoms with Crippen molar-refractivity contribution < 1.29 is 37.3 Å². The van der Waals surface area contributed by atoms with E-state index in [9.17, 15) is 27.9 Å². The van der Waals surface area contributed by atoms with Crippen LogP contribution in [0.25, 0.3) is 0 Å². The van der Waals surface area contributed by atoms with Gasteiger partial charge < -0.3 is 24.8 Å². The molecule has 0 radical (unpaired) electrons. The number of pyridine rings is 1. The predicted octanol–water partition coefficient (Wildman–Crippen LogP) is 5.22. The van der Waals surface area contributed by atoms with E-state index < -0.39 is 64.8 Å². The molecule has 2 aromatic rings. The molecule has 2 aliphatic heterocycles. The van der Waals surface area contributed by atoms with Crippen molar-refractivity contribution in [3.05, 3.63) is 59.3 Å². The second-order valence-corrected chi connectivity index (χ2v) is 12.5. The fourth-order valence-corrected chi connectivity index (χ4v) is 6.24. The zero-order valence-corrected chi connectivity index (χ0v) is 24.2. The highest BCUT2D eigenvalue weighted by Gasteiger charge is 2.59. The number of carbonyl (C=O) groups is 2. The topological polar surface area (TPSA) is 101 Å². The van der Waals surface area contributed by atoms with E-state index in [2.05, 4.69) is 10.3 Å². The Balaban J connectivity index is 1.81. The van der Waals surface area contributed by atoms with Crippen LogP contribution in [0.15, 0.2) is 42.6 Å². The van der Waals surface area contributed by atoms with Crippen LogP contribution in [0.1, 0.15) is 70.2 Å². The Kier molecular flexibility index (Phi) is 8.44. The quantitative estimate of drug-likeness (QED) is 0.465. The Labute approximate surface area is 238 Å². The van der Waals surface area contributed by atoms with E-state index in [1.807, 2.05) is 65.0 Å². The summed E-state index contributed by atoms with van der Waals surface area (Å²) in [5, 5.41) is 13.9. The monoisotopic (exact) mass is 577 g/mol. The summed E-state index contributed by atoms with van der Waals surface area (Å²) in [5.41, 5.74) is -1.18. The van der Waals surface area contributed by atoms with E-state index in [1.165, 1.54) is 12.0 Å². The van der Waals surface area contributed by atoms with Gasteiger partial charge in [-0.2, -0.15) is 13.2 Å². The number of hydrogen-bond donors (Lipinski definition) is 2. The molecular formula is C30H38F3N3O5. The number of ether oxygens (including phenoxy) is 2. The molecule has 2 saturated heterocycles. The second kappa shape index (κ2) is 11.2. The summed E-state index contributed by atoms with van der Waals surface area (Å²) in [5.74, 6) is -2.16. The number of hydrogen-bond acceptors (Lipinski definition) is 6. The summed E-state index contributed by atoms with van der Waals surface area (Å²) in [6, 6.07) is 7.49. The first-order chi connectivity index (χ1) is 19.0. The molecule has 3 heterocycles. The minimum Gasteiger partial charge on any atom is -0.481 e. The zero-order valence-electron chi connectivity index (χ0n) is 24.2. The molecule has 224 valence electrons. The summed E-state index contributed by atoms with van der Waals surface area (Å²) < 4.78 is 51.8. The highest BCUT2D eigenvalue weighted by atomic mass is 19.4. The maximum atomic E-state index is 14.1. The molecule has 0 spiro atoms. The van der Waals surface area contributed by atoms with Gasteiger partial charge >= 0.3 is 12.1 Å². The van der Waals surface area contributed by atoms with Crippen molar-refractivity contribution in [2.75, 3.05) is 7.11 Å². The van der Waals surface area contributed by atoms with E-state index in [0.717, 1.165) is 6.07 Å². The molecule has 2 N–H and O–H groups in total. The van der Waals surface area contributed by atoms with E-state index in [1.54, 1.807) is 0 Å². The van der Waals surface area contributed by atoms with Crippen molar-refractivity contribution in [1.29, 1.82) is 0 Å². The maximum Gasteiger partial charge on any atom is 0.417 e. The molecule has 1 aromatic carbocycles. The molecule has 2 fully saturated rings. The van der Waals surface area contributed by atoms with Gasteiger partial charge in [0, 0.05) is 30.3 Å². The maximum absolute atomic E-state index is 14.1. The number of amides is 1. The zero-order chi connectivity index (χ0) is 30.3. The summed E-state index contributed by atoms with van der Waals surface area (Å²) in [7, 11) is 1.32. The number of benzene rings is 1. The molecule has 1 unspecified atom stereocenters. The van der Waals surface area contributed by atoms with Crippen molar-refractivity contribution >= 4 is 11.9 Å². The number of nitrogens with zero attached hydrogens (tertiary/aromatic N) is 2. The van der Waals surface area contributed by atoms with Crippen LogP contribution in [0.3, 0.4) is 0 Å². The summed E-state index contributed by atoms with van der Waals surface area (Å²) in [4.78, 5) is 32.4. The lowest BCUT2D eigenvalue weighted by Gasteiger charge is -2.35. The van der Waals surface area contributed by atoms with Gasteiger partial charge in [0.15, 0.2) is 0 Å². The van der Waals surface area contributed by atoms with E-state index >= 15 is 0 Å². The second-order valence-electron chi connectivity index (χ2n) is 12.5. The molecule has 5 atom stereocenters. The third-order valence-corrected chi connectivity index (χ3v) is 8.03. The number of carbonyl (C=O) groups excluding carboxylic acids is 1. The van der Waals surface area contributed by atoms with Crippen LogP contribution in [-0.4, -0.2) is 57.8 Å². The van der Waals surface area contributed by atoms with Gasteiger partial charge in [-0.3, -0.25) is 4.79 Å². The summed E-state index contributed by atoms with van der Waals surface area (Å²) >= 11 is 0. The van der Waals surface area contributed by atoms with Crippen molar-refractivity contribution in [3.63, 3.8) is 0 Å². The molecule has 0 saturated carbocycles. The van der Waals surface area contributed by atoms with Crippen LogP contribution in [0.5, 0.6) is 5.88 Å². The highest BCUT2D eigenvalue weighted by molar-refractivity contribution is 5.88. The van der Waals surface area contributed by atoms with Gasteiger partial charge in [0.05, 0.1) is 24.3 Å². The standard InChI is InChI=1S/C30H38F3N3O5/c1-28(2,3)21-22(34-15-18-14-19(30(31,32)33)16-35-25(18)40-6)23(17-10-8-7-9-11-17)36(24(21)27(38)39)26(37)20-12-13-29(4,5)41-20/h7-11,14,16,20-24,34H,12-13,15H2,1-6H3,(H,38,39)/t20?,21-,22-,23-,24-/m0/s1. The number of aromatic nitrogens is 1. The van der Waals surface area contributed by atoms with Crippen LogP contribution in [0.2, 0.25) is 0 Å². The Morgan fingerprint density at radius 2 is 1.85 bits per heavy atom. The van der Waals surface area contributed by atoms with Crippen LogP contribution >= 0.6 is 0 Å². The van der Waals surface area contributed by atoms with Crippen molar-refractivity contribution in [3.8, 4) is 5.88 Å². The molecule has 0 aliphatic carbocycles. The van der Waals surface area contributed by atoms with Gasteiger partial charge in [-0.15, -0.1) is 0 Å². The number of alkyl halides is 3. The Hall–Kier alpha value is -3.18. The summed E-state index contributed by atoms with van der Waals surface area (Å²) in [6.45, 7) is 9.40. The SMILES string of the molecule is COc1ncc(C(F)(F)F)cc1CN[C@H]1[C@H](C(C)(C)C)[C@@H](C(=O)O)N(C(=O)C2CCC(C)(C)O2)[C@H]1c1ccccc1. The number of aliphatic carboxylic acids is 1. The van der Waals surface area contributed by atoms with Gasteiger partial charge in [-0.05, 0) is 43.7 Å². The van der Waals surface area contributed by atoms with Crippen LogP contribution < -0.4 is 10.1 Å². The molecular weight excluding hydrogens is 539 g/mol. The van der Waals surface area contributed by atoms with Crippen molar-refractivity contribution in [2.24, 2.45) is 11.3 Å². The number of nitrogens with one attached hydrogen (secondary N) is 1. The van der Waals surface area contributed by atoms with Crippen molar-refractivity contribution in [2.45, 2.75) is 90.0 Å². The van der Waals surface area contributed by atoms with Gasteiger partial charge in [0.25, 0.3) is 5.91 Å². The van der Waals surface area contributed by atoms with E-state index in [4.69, 9.17) is 9.47 Å². The highest BCUT2D eigenvalue weighted by Crippen LogP contribution is 2.49. The molecule has 0 bridgehead atoms. The van der Waals surface area contributed by atoms with Gasteiger partial charge in [-0.25, -0.2) is 9.78 Å². The molecule has 1 aromatic heterocycles. The first-order valence-corrected chi connectivity index (χ1v) is 13.7. The molecule has 41 heavy (non-hydrogen) atoms. The van der Waals surface area contributed by atoms with Gasteiger partial charge in [0.1, 0.15) is 12.1 Å². The van der Waals surface area contributed by atoms with E-state index in [-0.39, 0.29) is 18.0 Å². The summed E-state index contributed by atoms with van der Waals surface area (Å²) in [6.07, 6.45) is -3.58. The minimum absolute atomic E-state index is 0.0244. The van der Waals surface area contributed by atoms with Crippen molar-refractivity contribution in [1.82, 2.24) is 15.2 Å². The Morgan fingerprint density at radius 3 is 2.37 bits per heavy atom. The van der Waals surface area contributed by atoms with Crippen LogP contribution in [-0.2, 0) is 27.0 Å². The third-order valence-electron chi connectivity index (χ3n) is 8.03. The molecule has 4 rings (SSSR count). The number of methoxy groups -OCH3 is 1. The number of halogens is 3. The first-order valence-electron chi connectivity index (χ1n) is 13.7. The molecule has 1 amide bonds. The number of rotatable bonds is 7. The molecule has 8 nitrogen and oxygen atoms in total. The fraction of sp³-hybridized carbons (Fsp3) is 0.567. The fourth-order valence-electron chi connectivity index (χ4n) is 6.24. The largest absolute Gasteiger partial charge is 0.481 e. The third kappa shape index (κ3) is 6.35. The van der Waals surface area contributed by atoms with Crippen LogP contribution in [0.4, 0.5) is 13.2 Å².